The van der Waals surface area contributed by atoms with E-state index in [9.17, 15) is 0 Å². The average Bonchev–Trinajstić information content (AvgIpc) is 3.05. The first-order chi connectivity index (χ1) is 13.1. The zero-order valence-corrected chi connectivity index (χ0v) is 16.0. The van der Waals surface area contributed by atoms with Crippen molar-refractivity contribution in [2.24, 2.45) is 0 Å². The van der Waals surface area contributed by atoms with Gasteiger partial charge in [0.05, 0.1) is 6.54 Å². The molecule has 0 saturated carbocycles. The highest BCUT2D eigenvalue weighted by molar-refractivity contribution is 6.31. The summed E-state index contributed by atoms with van der Waals surface area (Å²) in [6, 6.07) is 15.3. The summed E-state index contributed by atoms with van der Waals surface area (Å²) in [6.45, 7) is 2.93. The van der Waals surface area contributed by atoms with Crippen LogP contribution in [0.4, 0.5) is 5.82 Å². The maximum absolute atomic E-state index is 6.27. The topological polar surface area (TPSA) is 68.5 Å². The minimum absolute atomic E-state index is 0.489. The Bertz CT molecular complexity index is 1090. The van der Waals surface area contributed by atoms with Gasteiger partial charge in [-0.25, -0.2) is 14.6 Å². The summed E-state index contributed by atoms with van der Waals surface area (Å²) in [5, 5.41) is 13.2. The minimum atomic E-state index is 0.489. The number of benzene rings is 2. The molecule has 4 aromatic rings. The molecule has 0 unspecified atom stereocenters. The number of halogens is 2. The summed E-state index contributed by atoms with van der Waals surface area (Å²) >= 11 is 12.2. The average molecular weight is 399 g/mol. The van der Waals surface area contributed by atoms with Gasteiger partial charge < -0.3 is 5.32 Å². The molecule has 136 valence electrons. The zero-order valence-electron chi connectivity index (χ0n) is 14.5. The molecule has 0 spiro atoms. The fraction of sp³-hybridized carbons (Fsp3) is 0.158. The van der Waals surface area contributed by atoms with Crippen LogP contribution < -0.4 is 5.32 Å². The predicted molar refractivity (Wildman–Crippen MR) is 107 cm³/mol. The number of rotatable bonds is 5. The van der Waals surface area contributed by atoms with Gasteiger partial charge in [-0.3, -0.25) is 0 Å². The summed E-state index contributed by atoms with van der Waals surface area (Å²) < 4.78 is 1.73. The van der Waals surface area contributed by atoms with Gasteiger partial charge in [-0.1, -0.05) is 58.7 Å². The largest absolute Gasteiger partial charge is 0.364 e. The fourth-order valence-electron chi connectivity index (χ4n) is 2.77. The highest BCUT2D eigenvalue weighted by atomic mass is 35.5. The molecule has 27 heavy (non-hydrogen) atoms. The summed E-state index contributed by atoms with van der Waals surface area (Å²) in [5.41, 5.74) is 3.34. The van der Waals surface area contributed by atoms with Crippen LogP contribution in [0.25, 0.3) is 11.2 Å². The highest BCUT2D eigenvalue weighted by Crippen LogP contribution is 2.21. The fourth-order valence-corrected chi connectivity index (χ4v) is 3.09. The van der Waals surface area contributed by atoms with Gasteiger partial charge in [0.15, 0.2) is 17.0 Å². The van der Waals surface area contributed by atoms with E-state index in [2.05, 4.69) is 25.6 Å². The number of anilines is 1. The molecule has 1 N–H and O–H groups in total. The van der Waals surface area contributed by atoms with Gasteiger partial charge in [0, 0.05) is 16.6 Å². The van der Waals surface area contributed by atoms with E-state index < -0.39 is 0 Å². The van der Waals surface area contributed by atoms with E-state index in [1.165, 1.54) is 0 Å². The van der Waals surface area contributed by atoms with E-state index in [0.29, 0.717) is 45.9 Å². The zero-order chi connectivity index (χ0) is 18.8. The van der Waals surface area contributed by atoms with E-state index in [4.69, 9.17) is 23.2 Å². The van der Waals surface area contributed by atoms with Crippen LogP contribution >= 0.6 is 23.2 Å². The van der Waals surface area contributed by atoms with Gasteiger partial charge in [0.2, 0.25) is 0 Å². The molecule has 6 nitrogen and oxygen atoms in total. The van der Waals surface area contributed by atoms with Gasteiger partial charge in [-0.2, -0.15) is 0 Å². The van der Waals surface area contributed by atoms with Crippen LogP contribution in [-0.2, 0) is 13.1 Å². The SMILES string of the molecule is Cc1nc(NCc2ccc(Cl)cc2)c2nnn(Cc3ccccc3Cl)c2n1. The van der Waals surface area contributed by atoms with E-state index >= 15 is 0 Å². The molecule has 2 aromatic carbocycles. The molecule has 4 rings (SSSR count). The van der Waals surface area contributed by atoms with Crippen LogP contribution in [0.5, 0.6) is 0 Å². The highest BCUT2D eigenvalue weighted by Gasteiger charge is 2.14. The van der Waals surface area contributed by atoms with Crippen LogP contribution in [0.1, 0.15) is 17.0 Å². The standard InChI is InChI=1S/C19H16Cl2N6/c1-12-23-18(22-10-13-6-8-15(20)9-7-13)17-19(24-12)27(26-25-17)11-14-4-2-3-5-16(14)21/h2-9H,10-11H2,1H3,(H,22,23,24). The Hall–Kier alpha value is -2.70. The third-order valence-corrected chi connectivity index (χ3v) is 4.75. The molecule has 0 aliphatic carbocycles. The lowest BCUT2D eigenvalue weighted by molar-refractivity contribution is 0.663. The maximum atomic E-state index is 6.27. The molecule has 0 amide bonds. The molecule has 8 heteroatoms. The smallest absolute Gasteiger partial charge is 0.184 e. The Kier molecular flexibility index (Phi) is 4.92. The number of nitrogens with zero attached hydrogens (tertiary/aromatic N) is 5. The Labute approximate surface area is 166 Å². The van der Waals surface area contributed by atoms with Crippen molar-refractivity contribution >= 4 is 40.2 Å². The van der Waals surface area contributed by atoms with Crippen molar-refractivity contribution in [2.75, 3.05) is 5.32 Å². The van der Waals surface area contributed by atoms with E-state index in [1.807, 2.05) is 55.5 Å². The number of fused-ring (bicyclic) bond motifs is 1. The number of aryl methyl sites for hydroxylation is 1. The van der Waals surface area contributed by atoms with Gasteiger partial charge >= 0.3 is 0 Å². The number of hydrogen-bond donors (Lipinski definition) is 1. The summed E-state index contributed by atoms with van der Waals surface area (Å²) in [5.74, 6) is 1.29. The number of nitrogens with one attached hydrogen (secondary N) is 1. The van der Waals surface area contributed by atoms with Crippen LogP contribution in [0, 0.1) is 6.92 Å². The molecule has 0 saturated heterocycles. The van der Waals surface area contributed by atoms with Crippen molar-refractivity contribution in [1.82, 2.24) is 25.0 Å². The molecule has 0 radical (unpaired) electrons. The number of aromatic nitrogens is 5. The second kappa shape index (κ2) is 7.50. The lowest BCUT2D eigenvalue weighted by atomic mass is 10.2. The van der Waals surface area contributed by atoms with Crippen LogP contribution in [-0.4, -0.2) is 25.0 Å². The van der Waals surface area contributed by atoms with Gasteiger partial charge in [-0.05, 0) is 36.2 Å². The first-order valence-electron chi connectivity index (χ1n) is 8.40. The van der Waals surface area contributed by atoms with Crippen LogP contribution in [0.15, 0.2) is 48.5 Å². The van der Waals surface area contributed by atoms with Crippen LogP contribution in [0.2, 0.25) is 10.0 Å². The Balaban J connectivity index is 1.63. The Morgan fingerprint density at radius 1 is 1.00 bits per heavy atom. The molecule has 0 fully saturated rings. The third kappa shape index (κ3) is 3.86. The molecule has 0 aliphatic heterocycles. The quantitative estimate of drug-likeness (QED) is 0.535. The Morgan fingerprint density at radius 3 is 2.56 bits per heavy atom. The van der Waals surface area contributed by atoms with Crippen LogP contribution in [0.3, 0.4) is 0 Å². The third-order valence-electron chi connectivity index (χ3n) is 4.13. The molecule has 2 aromatic heterocycles. The Morgan fingerprint density at radius 2 is 1.78 bits per heavy atom. The summed E-state index contributed by atoms with van der Waals surface area (Å²) in [6.07, 6.45) is 0. The first kappa shape index (κ1) is 17.7. The molecule has 0 bridgehead atoms. The molecule has 0 aliphatic rings. The lowest BCUT2D eigenvalue weighted by Gasteiger charge is -2.08. The minimum Gasteiger partial charge on any atom is -0.364 e. The molecule has 2 heterocycles. The van der Waals surface area contributed by atoms with Crippen molar-refractivity contribution in [3.05, 3.63) is 75.5 Å². The maximum Gasteiger partial charge on any atom is 0.184 e. The van der Waals surface area contributed by atoms with E-state index in [0.717, 1.165) is 11.1 Å². The van der Waals surface area contributed by atoms with E-state index in [1.54, 1.807) is 4.68 Å². The van der Waals surface area contributed by atoms with Crippen molar-refractivity contribution in [3.63, 3.8) is 0 Å². The molecule has 0 atom stereocenters. The number of hydrogen-bond acceptors (Lipinski definition) is 5. The van der Waals surface area contributed by atoms with Crippen molar-refractivity contribution in [3.8, 4) is 0 Å². The lowest BCUT2D eigenvalue weighted by Crippen LogP contribution is -2.06. The predicted octanol–water partition coefficient (Wildman–Crippen LogP) is 4.50. The monoisotopic (exact) mass is 398 g/mol. The summed E-state index contributed by atoms with van der Waals surface area (Å²) in [7, 11) is 0. The molecular formula is C19H16Cl2N6. The van der Waals surface area contributed by atoms with E-state index in [-0.39, 0.29) is 0 Å². The van der Waals surface area contributed by atoms with Crippen molar-refractivity contribution in [1.29, 1.82) is 0 Å². The molecular weight excluding hydrogens is 383 g/mol. The van der Waals surface area contributed by atoms with Crippen molar-refractivity contribution in [2.45, 2.75) is 20.0 Å². The normalized spacial score (nSPS) is 11.1. The van der Waals surface area contributed by atoms with Crippen molar-refractivity contribution < 1.29 is 0 Å². The second-order valence-corrected chi connectivity index (χ2v) is 6.95. The first-order valence-corrected chi connectivity index (χ1v) is 9.15. The second-order valence-electron chi connectivity index (χ2n) is 6.11. The summed E-state index contributed by atoms with van der Waals surface area (Å²) in [4.78, 5) is 9.00. The van der Waals surface area contributed by atoms with Gasteiger partial charge in [-0.15, -0.1) is 5.10 Å². The van der Waals surface area contributed by atoms with Gasteiger partial charge in [0.1, 0.15) is 5.82 Å². The van der Waals surface area contributed by atoms with Gasteiger partial charge in [0.25, 0.3) is 0 Å².